The van der Waals surface area contributed by atoms with E-state index in [2.05, 4.69) is 0 Å². The molecule has 2 N–H and O–H groups in total. The first-order valence-electron chi connectivity index (χ1n) is 5.44. The summed E-state index contributed by atoms with van der Waals surface area (Å²) in [5.41, 5.74) is 5.75. The van der Waals surface area contributed by atoms with Crippen molar-refractivity contribution < 1.29 is 8.42 Å². The Labute approximate surface area is 106 Å². The minimum Gasteiger partial charge on any atom is -0.326 e. The molecule has 1 heterocycles. The molecule has 0 spiro atoms. The predicted molar refractivity (Wildman–Crippen MR) is 69.6 cm³/mol. The third-order valence-corrected chi connectivity index (χ3v) is 5.45. The van der Waals surface area contributed by atoms with Crippen LogP contribution in [0.5, 0.6) is 0 Å². The molecule has 1 fully saturated rings. The molecule has 1 aromatic rings. The predicted octanol–water partition coefficient (Wildman–Crippen LogP) is 1.13. The molecular weight excluding hydrogens is 256 g/mol. The van der Waals surface area contributed by atoms with Gasteiger partial charge in [-0.15, -0.1) is 11.8 Å². The summed E-state index contributed by atoms with van der Waals surface area (Å²) in [6, 6.07) is 6.99. The number of hydrogen-bond acceptors (Lipinski definition) is 4. The Morgan fingerprint density at radius 2 is 2.24 bits per heavy atom. The van der Waals surface area contributed by atoms with Gasteiger partial charge in [0.25, 0.3) is 0 Å². The number of rotatable bonds is 3. The standard InChI is InChI=1S/C11H16N2O2S2/c1-16-10-3-2-4-11(7-10)17(14,15)13-6-5-9(12)8-13/h2-4,7,9H,5-6,8,12H2,1H3. The molecule has 0 saturated carbocycles. The molecule has 2 rings (SSSR count). The molecule has 0 amide bonds. The minimum absolute atomic E-state index is 0.0338. The summed E-state index contributed by atoms with van der Waals surface area (Å²) in [6.07, 6.45) is 2.67. The highest BCUT2D eigenvalue weighted by Gasteiger charge is 2.30. The highest BCUT2D eigenvalue weighted by molar-refractivity contribution is 7.98. The van der Waals surface area contributed by atoms with Crippen LogP contribution < -0.4 is 5.73 Å². The van der Waals surface area contributed by atoms with Gasteiger partial charge in [-0.1, -0.05) is 6.07 Å². The maximum absolute atomic E-state index is 12.3. The van der Waals surface area contributed by atoms with Gasteiger partial charge >= 0.3 is 0 Å². The molecule has 1 unspecified atom stereocenters. The monoisotopic (exact) mass is 272 g/mol. The summed E-state index contributed by atoms with van der Waals surface area (Å²) in [5, 5.41) is 0. The van der Waals surface area contributed by atoms with E-state index in [1.165, 1.54) is 16.1 Å². The Morgan fingerprint density at radius 3 is 2.82 bits per heavy atom. The third-order valence-electron chi connectivity index (χ3n) is 2.87. The van der Waals surface area contributed by atoms with Gasteiger partial charge in [-0.3, -0.25) is 0 Å². The topological polar surface area (TPSA) is 63.4 Å². The van der Waals surface area contributed by atoms with E-state index in [0.717, 1.165) is 11.3 Å². The van der Waals surface area contributed by atoms with Crippen LogP contribution in [-0.2, 0) is 10.0 Å². The van der Waals surface area contributed by atoms with E-state index in [0.29, 0.717) is 18.0 Å². The second-order valence-electron chi connectivity index (χ2n) is 4.09. The summed E-state index contributed by atoms with van der Waals surface area (Å²) >= 11 is 1.53. The molecule has 94 valence electrons. The zero-order chi connectivity index (χ0) is 12.5. The van der Waals surface area contributed by atoms with Crippen LogP contribution in [0.2, 0.25) is 0 Å². The van der Waals surface area contributed by atoms with E-state index >= 15 is 0 Å². The van der Waals surface area contributed by atoms with Crippen molar-refractivity contribution in [3.63, 3.8) is 0 Å². The van der Waals surface area contributed by atoms with Crippen LogP contribution in [0, 0.1) is 0 Å². The largest absolute Gasteiger partial charge is 0.326 e. The summed E-state index contributed by atoms with van der Waals surface area (Å²) in [5.74, 6) is 0. The molecule has 0 aliphatic carbocycles. The SMILES string of the molecule is CSc1cccc(S(=O)(=O)N2CCC(N)C2)c1. The van der Waals surface area contributed by atoms with Gasteiger partial charge in [0.1, 0.15) is 0 Å². The van der Waals surface area contributed by atoms with Gasteiger partial charge in [0.15, 0.2) is 0 Å². The smallest absolute Gasteiger partial charge is 0.243 e. The van der Waals surface area contributed by atoms with Crippen LogP contribution in [0.15, 0.2) is 34.1 Å². The van der Waals surface area contributed by atoms with Crippen molar-refractivity contribution in [3.8, 4) is 0 Å². The van der Waals surface area contributed by atoms with E-state index in [1.807, 2.05) is 12.3 Å². The van der Waals surface area contributed by atoms with Crippen LogP contribution in [0.3, 0.4) is 0 Å². The number of nitrogens with zero attached hydrogens (tertiary/aromatic N) is 1. The lowest BCUT2D eigenvalue weighted by Gasteiger charge is -2.16. The van der Waals surface area contributed by atoms with E-state index < -0.39 is 10.0 Å². The van der Waals surface area contributed by atoms with Crippen molar-refractivity contribution in [2.45, 2.75) is 22.3 Å². The Bertz CT molecular complexity index is 502. The first-order chi connectivity index (χ1) is 8.04. The number of thioether (sulfide) groups is 1. The summed E-state index contributed by atoms with van der Waals surface area (Å²) in [4.78, 5) is 1.31. The minimum atomic E-state index is -3.36. The third kappa shape index (κ3) is 2.65. The molecule has 1 aliphatic rings. The number of benzene rings is 1. The van der Waals surface area contributed by atoms with E-state index in [9.17, 15) is 8.42 Å². The van der Waals surface area contributed by atoms with E-state index in [-0.39, 0.29) is 6.04 Å². The lowest BCUT2D eigenvalue weighted by atomic mass is 10.3. The molecule has 17 heavy (non-hydrogen) atoms. The molecule has 4 nitrogen and oxygen atoms in total. The summed E-state index contributed by atoms with van der Waals surface area (Å²) < 4.78 is 26.1. The van der Waals surface area contributed by atoms with E-state index in [4.69, 9.17) is 5.73 Å². The number of sulfonamides is 1. The molecule has 0 bridgehead atoms. The van der Waals surface area contributed by atoms with Gasteiger partial charge in [0.2, 0.25) is 10.0 Å². The van der Waals surface area contributed by atoms with Gasteiger partial charge in [0, 0.05) is 24.0 Å². The van der Waals surface area contributed by atoms with Crippen molar-refractivity contribution in [3.05, 3.63) is 24.3 Å². The molecule has 1 atom stereocenters. The maximum Gasteiger partial charge on any atom is 0.243 e. The lowest BCUT2D eigenvalue weighted by molar-refractivity contribution is 0.472. The zero-order valence-corrected chi connectivity index (χ0v) is 11.3. The van der Waals surface area contributed by atoms with Crippen LogP contribution in [0.4, 0.5) is 0 Å². The lowest BCUT2D eigenvalue weighted by Crippen LogP contribution is -2.31. The fourth-order valence-corrected chi connectivity index (χ4v) is 3.98. The second-order valence-corrected chi connectivity index (χ2v) is 6.91. The quantitative estimate of drug-likeness (QED) is 0.838. The summed E-state index contributed by atoms with van der Waals surface area (Å²) in [7, 11) is -3.36. The first kappa shape index (κ1) is 12.9. The van der Waals surface area contributed by atoms with Crippen LogP contribution in [-0.4, -0.2) is 38.1 Å². The fourth-order valence-electron chi connectivity index (χ4n) is 1.88. The van der Waals surface area contributed by atoms with Crippen LogP contribution in [0.1, 0.15) is 6.42 Å². The van der Waals surface area contributed by atoms with Gasteiger partial charge in [0.05, 0.1) is 4.90 Å². The van der Waals surface area contributed by atoms with Crippen molar-refractivity contribution in [1.82, 2.24) is 4.31 Å². The van der Waals surface area contributed by atoms with Gasteiger partial charge in [-0.2, -0.15) is 4.31 Å². The van der Waals surface area contributed by atoms with E-state index in [1.54, 1.807) is 18.2 Å². The Hall–Kier alpha value is -0.560. The molecule has 0 aromatic heterocycles. The van der Waals surface area contributed by atoms with Crippen molar-refractivity contribution in [2.75, 3.05) is 19.3 Å². The average Bonchev–Trinajstić information content (AvgIpc) is 2.76. The number of nitrogens with two attached hydrogens (primary N) is 1. The molecular formula is C11H16N2O2S2. The molecule has 0 radical (unpaired) electrons. The number of hydrogen-bond donors (Lipinski definition) is 1. The fraction of sp³-hybridized carbons (Fsp3) is 0.455. The van der Waals surface area contributed by atoms with Gasteiger partial charge in [-0.25, -0.2) is 8.42 Å². The highest BCUT2D eigenvalue weighted by atomic mass is 32.2. The Balaban J connectivity index is 2.31. The second kappa shape index (κ2) is 4.97. The van der Waals surface area contributed by atoms with Crippen molar-refractivity contribution >= 4 is 21.8 Å². The molecule has 1 saturated heterocycles. The molecule has 6 heteroatoms. The Kier molecular flexibility index (Phi) is 3.77. The highest BCUT2D eigenvalue weighted by Crippen LogP contribution is 2.24. The first-order valence-corrected chi connectivity index (χ1v) is 8.10. The summed E-state index contributed by atoms with van der Waals surface area (Å²) in [6.45, 7) is 0.943. The van der Waals surface area contributed by atoms with Crippen LogP contribution >= 0.6 is 11.8 Å². The van der Waals surface area contributed by atoms with Crippen molar-refractivity contribution in [1.29, 1.82) is 0 Å². The van der Waals surface area contributed by atoms with Crippen molar-refractivity contribution in [2.24, 2.45) is 5.73 Å². The molecule has 1 aromatic carbocycles. The zero-order valence-electron chi connectivity index (χ0n) is 9.67. The normalized spacial score (nSPS) is 21.9. The molecule has 1 aliphatic heterocycles. The van der Waals surface area contributed by atoms with Gasteiger partial charge in [-0.05, 0) is 30.9 Å². The van der Waals surface area contributed by atoms with Gasteiger partial charge < -0.3 is 5.73 Å². The Morgan fingerprint density at radius 1 is 1.47 bits per heavy atom. The van der Waals surface area contributed by atoms with Crippen LogP contribution in [0.25, 0.3) is 0 Å². The maximum atomic E-state index is 12.3. The average molecular weight is 272 g/mol.